The number of hydrogen-bond donors (Lipinski definition) is 2. The molecule has 0 spiro atoms. The van der Waals surface area contributed by atoms with Crippen molar-refractivity contribution in [2.45, 2.75) is 0 Å². The number of fused-ring (bicyclic) bond motifs is 1. The van der Waals surface area contributed by atoms with Crippen molar-refractivity contribution in [2.75, 3.05) is 11.9 Å². The molecule has 25 heavy (non-hydrogen) atoms. The van der Waals surface area contributed by atoms with Crippen molar-refractivity contribution in [3.05, 3.63) is 52.1 Å². The second kappa shape index (κ2) is 6.67. The topological polar surface area (TPSA) is 123 Å². The number of amides is 1. The van der Waals surface area contributed by atoms with Gasteiger partial charge in [0.2, 0.25) is 5.52 Å². The summed E-state index contributed by atoms with van der Waals surface area (Å²) in [7, 11) is 0. The van der Waals surface area contributed by atoms with Gasteiger partial charge in [-0.2, -0.15) is 0 Å². The third kappa shape index (κ3) is 3.09. The lowest BCUT2D eigenvalue weighted by Gasteiger charge is -2.11. The Morgan fingerprint density at radius 1 is 1.20 bits per heavy atom. The largest absolute Gasteiger partial charge is 0.353 e. The van der Waals surface area contributed by atoms with E-state index in [9.17, 15) is 14.9 Å². The Kier molecular flexibility index (Phi) is 4.26. The fourth-order valence-corrected chi connectivity index (χ4v) is 2.26. The molecule has 0 atom stereocenters. The summed E-state index contributed by atoms with van der Waals surface area (Å²) in [6, 6.07) is 9.52. The van der Waals surface area contributed by atoms with E-state index in [1.807, 2.05) is 0 Å². The first-order valence-corrected chi connectivity index (χ1v) is 7.09. The SMILES string of the molecule is C#CCNC(=O)c1ccccc1Nc1ccc([N+](=O)[O-])c2nonc12. The molecule has 0 aliphatic carbocycles. The highest BCUT2D eigenvalue weighted by atomic mass is 16.6. The number of nitro groups is 1. The number of nitrogens with one attached hydrogen (secondary N) is 2. The van der Waals surface area contributed by atoms with Crippen LogP contribution in [0.4, 0.5) is 17.1 Å². The number of para-hydroxylation sites is 1. The van der Waals surface area contributed by atoms with E-state index in [1.165, 1.54) is 12.1 Å². The summed E-state index contributed by atoms with van der Waals surface area (Å²) in [5.41, 5.74) is 1.24. The summed E-state index contributed by atoms with van der Waals surface area (Å²) in [6.45, 7) is 0.0994. The lowest BCUT2D eigenvalue weighted by Crippen LogP contribution is -2.24. The highest BCUT2D eigenvalue weighted by molar-refractivity contribution is 6.02. The van der Waals surface area contributed by atoms with Crippen LogP contribution in [0.25, 0.3) is 11.0 Å². The molecule has 0 saturated heterocycles. The molecule has 1 aromatic heterocycles. The first-order valence-electron chi connectivity index (χ1n) is 7.09. The molecule has 3 rings (SSSR count). The highest BCUT2D eigenvalue weighted by Gasteiger charge is 2.20. The second-order valence-corrected chi connectivity index (χ2v) is 4.91. The summed E-state index contributed by atoms with van der Waals surface area (Å²) in [5.74, 6) is 1.98. The molecular weight excluding hydrogens is 326 g/mol. The third-order valence-electron chi connectivity index (χ3n) is 3.38. The zero-order valence-corrected chi connectivity index (χ0v) is 12.7. The number of benzene rings is 2. The maximum atomic E-state index is 12.2. The average Bonchev–Trinajstić information content (AvgIpc) is 3.10. The number of aromatic nitrogens is 2. The Balaban J connectivity index is 1.99. The first kappa shape index (κ1) is 15.9. The third-order valence-corrected chi connectivity index (χ3v) is 3.38. The maximum Gasteiger partial charge on any atom is 0.300 e. The number of terminal acetylenes is 1. The summed E-state index contributed by atoms with van der Waals surface area (Å²) in [6.07, 6.45) is 5.14. The van der Waals surface area contributed by atoms with Crippen LogP contribution in [0.1, 0.15) is 10.4 Å². The molecule has 2 aromatic carbocycles. The Bertz CT molecular complexity index is 1010. The zero-order valence-electron chi connectivity index (χ0n) is 12.7. The van der Waals surface area contributed by atoms with Gasteiger partial charge in [0, 0.05) is 6.07 Å². The molecule has 0 aliphatic heterocycles. The number of carbonyl (C=O) groups is 1. The average molecular weight is 337 g/mol. The maximum absolute atomic E-state index is 12.2. The van der Waals surface area contributed by atoms with E-state index in [2.05, 4.69) is 31.5 Å². The monoisotopic (exact) mass is 337 g/mol. The van der Waals surface area contributed by atoms with Crippen LogP contribution in [0.15, 0.2) is 41.0 Å². The summed E-state index contributed by atoms with van der Waals surface area (Å²) < 4.78 is 4.62. The van der Waals surface area contributed by atoms with Crippen LogP contribution in [0.2, 0.25) is 0 Å². The minimum absolute atomic E-state index is 0.0178. The van der Waals surface area contributed by atoms with Gasteiger partial charge in [0.05, 0.1) is 28.4 Å². The fraction of sp³-hybridized carbons (Fsp3) is 0.0625. The summed E-state index contributed by atoms with van der Waals surface area (Å²) in [5, 5.41) is 23.9. The molecular formula is C16H11N5O4. The predicted molar refractivity (Wildman–Crippen MR) is 89.3 cm³/mol. The Hall–Kier alpha value is -3.93. The van der Waals surface area contributed by atoms with Crippen molar-refractivity contribution in [1.82, 2.24) is 15.6 Å². The van der Waals surface area contributed by atoms with Crippen molar-refractivity contribution >= 4 is 34.0 Å². The van der Waals surface area contributed by atoms with Crippen LogP contribution < -0.4 is 10.6 Å². The predicted octanol–water partition coefficient (Wildman–Crippen LogP) is 2.24. The van der Waals surface area contributed by atoms with Crippen LogP contribution in [0.3, 0.4) is 0 Å². The van der Waals surface area contributed by atoms with E-state index >= 15 is 0 Å². The van der Waals surface area contributed by atoms with Crippen LogP contribution >= 0.6 is 0 Å². The highest BCUT2D eigenvalue weighted by Crippen LogP contribution is 2.31. The number of non-ortho nitro benzene ring substituents is 1. The lowest BCUT2D eigenvalue weighted by atomic mass is 10.1. The van der Waals surface area contributed by atoms with Gasteiger partial charge in [0.1, 0.15) is 0 Å². The smallest absolute Gasteiger partial charge is 0.300 e. The quantitative estimate of drug-likeness (QED) is 0.416. The zero-order chi connectivity index (χ0) is 17.8. The van der Waals surface area contributed by atoms with Crippen LogP contribution in [0, 0.1) is 22.5 Å². The Morgan fingerprint density at radius 3 is 2.72 bits per heavy atom. The van der Waals surface area contributed by atoms with E-state index in [1.54, 1.807) is 24.3 Å². The van der Waals surface area contributed by atoms with Crippen LogP contribution in [-0.2, 0) is 0 Å². The van der Waals surface area contributed by atoms with Gasteiger partial charge in [-0.3, -0.25) is 14.9 Å². The number of hydrogen-bond acceptors (Lipinski definition) is 7. The molecule has 0 bridgehead atoms. The van der Waals surface area contributed by atoms with E-state index in [4.69, 9.17) is 6.42 Å². The number of carbonyl (C=O) groups excluding carboxylic acids is 1. The van der Waals surface area contributed by atoms with Crippen LogP contribution in [-0.4, -0.2) is 27.7 Å². The van der Waals surface area contributed by atoms with Crippen LogP contribution in [0.5, 0.6) is 0 Å². The molecule has 1 heterocycles. The van der Waals surface area contributed by atoms with Gasteiger partial charge in [0.25, 0.3) is 5.91 Å². The Labute approximate surface area is 141 Å². The number of nitro benzene ring substituents is 1. The van der Waals surface area contributed by atoms with Gasteiger partial charge >= 0.3 is 5.69 Å². The number of anilines is 2. The van der Waals surface area contributed by atoms with Crippen molar-refractivity contribution in [3.8, 4) is 12.3 Å². The van der Waals surface area contributed by atoms with Gasteiger partial charge in [-0.05, 0) is 28.5 Å². The van der Waals surface area contributed by atoms with Gasteiger partial charge in [-0.1, -0.05) is 18.1 Å². The summed E-state index contributed by atoms with van der Waals surface area (Å²) >= 11 is 0. The second-order valence-electron chi connectivity index (χ2n) is 4.91. The minimum atomic E-state index is -0.572. The molecule has 0 aliphatic rings. The molecule has 124 valence electrons. The van der Waals surface area contributed by atoms with Crippen molar-refractivity contribution < 1.29 is 14.3 Å². The molecule has 0 unspecified atom stereocenters. The van der Waals surface area contributed by atoms with E-state index in [0.29, 0.717) is 16.9 Å². The molecule has 2 N–H and O–H groups in total. The van der Waals surface area contributed by atoms with Gasteiger partial charge < -0.3 is 10.6 Å². The molecule has 1 amide bonds. The lowest BCUT2D eigenvalue weighted by molar-refractivity contribution is -0.383. The standard InChI is InChI=1S/C16H11N5O4/c1-2-9-17-16(22)10-5-3-4-6-11(10)18-12-7-8-13(21(23)24)15-14(12)19-25-20-15/h1,3-8,18H,9H2,(H,17,22). The van der Waals surface area contributed by atoms with Crippen molar-refractivity contribution in [2.24, 2.45) is 0 Å². The molecule has 3 aromatic rings. The minimum Gasteiger partial charge on any atom is -0.353 e. The fourth-order valence-electron chi connectivity index (χ4n) is 2.26. The van der Waals surface area contributed by atoms with Crippen molar-refractivity contribution in [3.63, 3.8) is 0 Å². The molecule has 0 fully saturated rings. The van der Waals surface area contributed by atoms with Gasteiger partial charge in [0.15, 0.2) is 5.52 Å². The van der Waals surface area contributed by atoms with Crippen molar-refractivity contribution in [1.29, 1.82) is 0 Å². The Morgan fingerprint density at radius 2 is 1.96 bits per heavy atom. The first-order chi connectivity index (χ1) is 12.1. The van der Waals surface area contributed by atoms with Gasteiger partial charge in [-0.25, -0.2) is 4.63 Å². The normalized spacial score (nSPS) is 10.2. The number of rotatable bonds is 5. The molecule has 0 saturated carbocycles. The van der Waals surface area contributed by atoms with E-state index < -0.39 is 4.92 Å². The molecule has 9 nitrogen and oxygen atoms in total. The molecule has 0 radical (unpaired) electrons. The van der Waals surface area contributed by atoms with E-state index in [0.717, 1.165) is 0 Å². The number of nitrogens with zero attached hydrogens (tertiary/aromatic N) is 3. The van der Waals surface area contributed by atoms with Gasteiger partial charge in [-0.15, -0.1) is 6.42 Å². The molecule has 9 heteroatoms. The van der Waals surface area contributed by atoms with E-state index in [-0.39, 0.29) is 29.2 Å². The summed E-state index contributed by atoms with van der Waals surface area (Å²) in [4.78, 5) is 22.7.